The van der Waals surface area contributed by atoms with Crippen LogP contribution in [0.15, 0.2) is 48.9 Å². The Labute approximate surface area is 105 Å². The molecule has 1 heterocycles. The fraction of sp³-hybridized carbons (Fsp3) is 0.154. The molecule has 0 spiro atoms. The first kappa shape index (κ1) is 11.7. The zero-order valence-corrected chi connectivity index (χ0v) is 9.97. The highest BCUT2D eigenvalue weighted by Crippen LogP contribution is 2.00. The van der Waals surface area contributed by atoms with Crippen molar-refractivity contribution in [1.82, 2.24) is 4.98 Å². The Morgan fingerprint density at radius 1 is 1.29 bits per heavy atom. The average molecular weight is 248 g/mol. The van der Waals surface area contributed by atoms with Gasteiger partial charge in [-0.15, -0.1) is 11.6 Å². The van der Waals surface area contributed by atoms with Crippen LogP contribution in [0.5, 0.6) is 0 Å². The Balaban J connectivity index is 2.13. The lowest BCUT2D eigenvalue weighted by Gasteiger charge is -1.98. The zero-order chi connectivity index (χ0) is 12.1. The number of ketones is 1. The molecular weight excluding hydrogens is 236 g/mol. The Hall–Kier alpha value is -1.74. The van der Waals surface area contributed by atoms with E-state index in [0.717, 1.165) is 5.69 Å². The number of rotatable bonds is 4. The fourth-order valence-corrected chi connectivity index (χ4v) is 1.67. The van der Waals surface area contributed by atoms with E-state index < -0.39 is 0 Å². The van der Waals surface area contributed by atoms with Crippen molar-refractivity contribution in [1.29, 1.82) is 0 Å². The van der Waals surface area contributed by atoms with Crippen LogP contribution in [0, 0.1) is 0 Å². The molecule has 0 aliphatic carbocycles. The minimum atomic E-state index is 0.0716. The van der Waals surface area contributed by atoms with Crippen molar-refractivity contribution >= 4 is 17.4 Å². The third-order valence-electron chi connectivity index (χ3n) is 2.37. The largest absolute Gasteiger partial charge is 0.287 e. The van der Waals surface area contributed by atoms with Gasteiger partial charge in [-0.3, -0.25) is 4.79 Å². The van der Waals surface area contributed by atoms with E-state index in [-0.39, 0.29) is 5.78 Å². The molecule has 1 aromatic carbocycles. The summed E-state index contributed by atoms with van der Waals surface area (Å²) in [5.41, 5.74) is 1.47. The molecule has 2 rings (SSSR count). The first-order valence-electron chi connectivity index (χ1n) is 5.28. The summed E-state index contributed by atoms with van der Waals surface area (Å²) in [5.74, 6) is 0.419. The Bertz CT molecular complexity index is 514. The van der Waals surface area contributed by atoms with Crippen LogP contribution in [0.25, 0.3) is 0 Å². The molecule has 0 aliphatic heterocycles. The van der Waals surface area contributed by atoms with Crippen LogP contribution < -0.4 is 4.57 Å². The molecule has 0 N–H and O–H groups in total. The molecule has 86 valence electrons. The summed E-state index contributed by atoms with van der Waals surface area (Å²) in [5, 5.41) is 0. The summed E-state index contributed by atoms with van der Waals surface area (Å²) in [6, 6.07) is 9.23. The van der Waals surface area contributed by atoms with Gasteiger partial charge in [0.15, 0.2) is 12.4 Å². The first-order chi connectivity index (χ1) is 8.29. The molecule has 0 atom stereocenters. The van der Waals surface area contributed by atoms with Gasteiger partial charge in [0.2, 0.25) is 12.3 Å². The lowest BCUT2D eigenvalue weighted by atomic mass is 10.1. The number of benzene rings is 1. The molecule has 0 aliphatic rings. The number of hydrogen-bond acceptors (Lipinski definition) is 2. The molecule has 0 fully saturated rings. The summed E-state index contributed by atoms with van der Waals surface area (Å²) < 4.78 is 1.79. The van der Waals surface area contributed by atoms with E-state index in [2.05, 4.69) is 4.98 Å². The zero-order valence-electron chi connectivity index (χ0n) is 9.21. The van der Waals surface area contributed by atoms with Gasteiger partial charge >= 0.3 is 0 Å². The fourth-order valence-electron chi connectivity index (χ4n) is 1.53. The van der Waals surface area contributed by atoms with Crippen LogP contribution in [0.1, 0.15) is 16.1 Å². The Morgan fingerprint density at radius 2 is 2.06 bits per heavy atom. The lowest BCUT2D eigenvalue weighted by Crippen LogP contribution is -2.38. The van der Waals surface area contributed by atoms with Gasteiger partial charge in [0.25, 0.3) is 0 Å². The number of hydrogen-bond donors (Lipinski definition) is 0. The SMILES string of the molecule is O=C(C[n+]1ccnc(CCl)c1)c1ccccc1. The highest BCUT2D eigenvalue weighted by atomic mass is 35.5. The highest BCUT2D eigenvalue weighted by molar-refractivity contribution is 6.16. The van der Waals surface area contributed by atoms with Crippen molar-refractivity contribution in [2.45, 2.75) is 12.4 Å². The predicted molar refractivity (Wildman–Crippen MR) is 64.8 cm³/mol. The topological polar surface area (TPSA) is 33.8 Å². The molecule has 0 saturated carbocycles. The van der Waals surface area contributed by atoms with E-state index >= 15 is 0 Å². The maximum Gasteiger partial charge on any atom is 0.227 e. The van der Waals surface area contributed by atoms with E-state index in [1.807, 2.05) is 30.3 Å². The highest BCUT2D eigenvalue weighted by Gasteiger charge is 2.12. The van der Waals surface area contributed by atoms with Gasteiger partial charge in [-0.2, -0.15) is 4.57 Å². The van der Waals surface area contributed by atoms with Crippen molar-refractivity contribution < 1.29 is 9.36 Å². The summed E-state index contributed by atoms with van der Waals surface area (Å²) in [6.45, 7) is 0.302. The Kier molecular flexibility index (Phi) is 3.83. The van der Waals surface area contributed by atoms with E-state index in [4.69, 9.17) is 11.6 Å². The number of halogens is 1. The number of carbonyl (C=O) groups is 1. The third-order valence-corrected chi connectivity index (χ3v) is 2.65. The van der Waals surface area contributed by atoms with Crippen LogP contribution in [0.3, 0.4) is 0 Å². The molecule has 2 aromatic rings. The van der Waals surface area contributed by atoms with Gasteiger partial charge in [-0.05, 0) is 0 Å². The molecule has 0 radical (unpaired) electrons. The molecule has 3 nitrogen and oxygen atoms in total. The second kappa shape index (κ2) is 5.55. The van der Waals surface area contributed by atoms with E-state index in [1.54, 1.807) is 23.2 Å². The lowest BCUT2D eigenvalue weighted by molar-refractivity contribution is -0.684. The van der Waals surface area contributed by atoms with Crippen LogP contribution in [0.4, 0.5) is 0 Å². The van der Waals surface area contributed by atoms with E-state index in [0.29, 0.717) is 18.0 Å². The summed E-state index contributed by atoms with van der Waals surface area (Å²) in [7, 11) is 0. The molecule has 0 unspecified atom stereocenters. The molecule has 0 bridgehead atoms. The minimum Gasteiger partial charge on any atom is -0.287 e. The summed E-state index contributed by atoms with van der Waals surface area (Å²) in [4.78, 5) is 16.0. The van der Waals surface area contributed by atoms with Gasteiger partial charge in [-0.25, -0.2) is 4.98 Å². The third kappa shape index (κ3) is 3.11. The normalized spacial score (nSPS) is 10.2. The molecular formula is C13H12ClN2O+. The second-order valence-corrected chi connectivity index (χ2v) is 3.91. The average Bonchev–Trinajstić information content (AvgIpc) is 2.40. The maximum atomic E-state index is 11.9. The summed E-state index contributed by atoms with van der Waals surface area (Å²) in [6.07, 6.45) is 5.20. The monoisotopic (exact) mass is 247 g/mol. The summed E-state index contributed by atoms with van der Waals surface area (Å²) >= 11 is 5.69. The van der Waals surface area contributed by atoms with Gasteiger partial charge in [-0.1, -0.05) is 30.3 Å². The number of nitrogens with zero attached hydrogens (tertiary/aromatic N) is 2. The molecule has 17 heavy (non-hydrogen) atoms. The molecule has 0 saturated heterocycles. The molecule has 0 amide bonds. The van der Waals surface area contributed by atoms with Crippen molar-refractivity contribution in [2.75, 3.05) is 0 Å². The molecule has 4 heteroatoms. The van der Waals surface area contributed by atoms with Crippen LogP contribution >= 0.6 is 11.6 Å². The van der Waals surface area contributed by atoms with Crippen molar-refractivity contribution in [3.63, 3.8) is 0 Å². The second-order valence-electron chi connectivity index (χ2n) is 3.64. The van der Waals surface area contributed by atoms with Crippen molar-refractivity contribution in [3.8, 4) is 0 Å². The Morgan fingerprint density at radius 3 is 2.76 bits per heavy atom. The number of alkyl halides is 1. The smallest absolute Gasteiger partial charge is 0.227 e. The van der Waals surface area contributed by atoms with Crippen molar-refractivity contribution in [2.24, 2.45) is 0 Å². The van der Waals surface area contributed by atoms with Crippen LogP contribution in [-0.4, -0.2) is 10.8 Å². The van der Waals surface area contributed by atoms with Crippen LogP contribution in [0.2, 0.25) is 0 Å². The number of Topliss-reactive ketones (excluding diaryl/α,β-unsaturated/α-hetero) is 1. The van der Waals surface area contributed by atoms with E-state index in [9.17, 15) is 4.79 Å². The number of aromatic nitrogens is 2. The quantitative estimate of drug-likeness (QED) is 0.470. The van der Waals surface area contributed by atoms with Gasteiger partial charge in [0.05, 0.1) is 12.1 Å². The van der Waals surface area contributed by atoms with Gasteiger partial charge < -0.3 is 0 Å². The first-order valence-corrected chi connectivity index (χ1v) is 5.81. The van der Waals surface area contributed by atoms with E-state index in [1.165, 1.54) is 0 Å². The minimum absolute atomic E-state index is 0.0716. The molecule has 1 aromatic heterocycles. The van der Waals surface area contributed by atoms with Crippen molar-refractivity contribution in [3.05, 3.63) is 60.2 Å². The standard InChI is InChI=1S/C13H12ClN2O/c14-8-12-9-16(7-6-15-12)10-13(17)11-4-2-1-3-5-11/h1-7,9H,8,10H2/q+1. The van der Waals surface area contributed by atoms with Gasteiger partial charge in [0, 0.05) is 5.56 Å². The number of carbonyl (C=O) groups excluding carboxylic acids is 1. The predicted octanol–water partition coefficient (Wildman–Crippen LogP) is 1.99. The van der Waals surface area contributed by atoms with Gasteiger partial charge in [0.1, 0.15) is 5.69 Å². The maximum absolute atomic E-state index is 11.9. The van der Waals surface area contributed by atoms with Crippen LogP contribution in [-0.2, 0) is 12.4 Å².